The van der Waals surface area contributed by atoms with Crippen LogP contribution in [0, 0.1) is 16.7 Å². The summed E-state index contributed by atoms with van der Waals surface area (Å²) in [7, 11) is 0. The van der Waals surface area contributed by atoms with E-state index in [1.54, 1.807) is 13.8 Å². The molecule has 0 fully saturated rings. The number of rotatable bonds is 4. The van der Waals surface area contributed by atoms with Crippen molar-refractivity contribution in [2.24, 2.45) is 5.41 Å². The fourth-order valence-electron chi connectivity index (χ4n) is 2.31. The summed E-state index contributed by atoms with van der Waals surface area (Å²) in [5.74, 6) is 0.313. The molecule has 0 saturated heterocycles. The van der Waals surface area contributed by atoms with Gasteiger partial charge in [0.25, 0.3) is 0 Å². The number of carbonyl (C=O) groups is 1. The molecule has 0 radical (unpaired) electrons. The van der Waals surface area contributed by atoms with Crippen molar-refractivity contribution >= 4 is 21.9 Å². The maximum absolute atomic E-state index is 12.0. The average Bonchev–Trinajstić information content (AvgIpc) is 2.87. The van der Waals surface area contributed by atoms with Gasteiger partial charge < -0.3 is 9.47 Å². The fraction of sp³-hybridized carbons (Fsp3) is 0.467. The molecular formula is C15H16BrNO3. The maximum atomic E-state index is 12.0. The van der Waals surface area contributed by atoms with E-state index >= 15 is 0 Å². The van der Waals surface area contributed by atoms with Crippen molar-refractivity contribution in [1.82, 2.24) is 0 Å². The summed E-state index contributed by atoms with van der Waals surface area (Å²) in [6.45, 7) is 4.24. The zero-order valence-corrected chi connectivity index (χ0v) is 13.1. The summed E-state index contributed by atoms with van der Waals surface area (Å²) >= 11 is 3.46. The number of hydrogen-bond acceptors (Lipinski definition) is 4. The van der Waals surface area contributed by atoms with Gasteiger partial charge in [0.2, 0.25) is 0 Å². The third kappa shape index (κ3) is 2.80. The molecule has 0 amide bonds. The third-order valence-electron chi connectivity index (χ3n) is 3.34. The molecule has 5 heteroatoms. The van der Waals surface area contributed by atoms with Crippen molar-refractivity contribution in [2.45, 2.75) is 26.7 Å². The number of nitrogens with zero attached hydrogens (tertiary/aromatic N) is 1. The minimum atomic E-state index is -1.20. The van der Waals surface area contributed by atoms with Crippen LogP contribution in [-0.4, -0.2) is 19.2 Å². The van der Waals surface area contributed by atoms with Crippen molar-refractivity contribution in [2.75, 3.05) is 13.2 Å². The van der Waals surface area contributed by atoms with Crippen LogP contribution in [-0.2, 0) is 22.4 Å². The Morgan fingerprint density at radius 1 is 1.60 bits per heavy atom. The summed E-state index contributed by atoms with van der Waals surface area (Å²) in [4.78, 5) is 12.0. The molecule has 0 spiro atoms. The minimum absolute atomic E-state index is 0.267. The van der Waals surface area contributed by atoms with Gasteiger partial charge in [0.1, 0.15) is 5.75 Å². The van der Waals surface area contributed by atoms with Crippen molar-refractivity contribution in [3.05, 3.63) is 27.7 Å². The van der Waals surface area contributed by atoms with Crippen molar-refractivity contribution in [3.63, 3.8) is 0 Å². The van der Waals surface area contributed by atoms with E-state index < -0.39 is 11.4 Å². The van der Waals surface area contributed by atoms with Gasteiger partial charge in [-0.05, 0) is 37.1 Å². The van der Waals surface area contributed by atoms with E-state index in [0.29, 0.717) is 6.61 Å². The number of carbonyl (C=O) groups excluding carboxylic acids is 1. The Morgan fingerprint density at radius 2 is 2.35 bits per heavy atom. The van der Waals surface area contributed by atoms with Crippen LogP contribution < -0.4 is 4.74 Å². The molecule has 0 bridgehead atoms. The number of fused-ring (bicyclic) bond motifs is 1. The van der Waals surface area contributed by atoms with Crippen LogP contribution in [0.3, 0.4) is 0 Å². The van der Waals surface area contributed by atoms with Crippen molar-refractivity contribution < 1.29 is 14.3 Å². The predicted octanol–water partition coefficient (Wildman–Crippen LogP) is 3.02. The molecule has 106 valence electrons. The smallest absolute Gasteiger partial charge is 0.326 e. The highest BCUT2D eigenvalue weighted by Crippen LogP contribution is 2.37. The molecule has 20 heavy (non-hydrogen) atoms. The van der Waals surface area contributed by atoms with E-state index in [0.717, 1.165) is 27.8 Å². The molecule has 1 aromatic rings. The predicted molar refractivity (Wildman–Crippen MR) is 77.4 cm³/mol. The molecule has 1 aromatic carbocycles. The molecule has 0 aliphatic carbocycles. The van der Waals surface area contributed by atoms with Gasteiger partial charge in [0.05, 0.1) is 19.3 Å². The van der Waals surface area contributed by atoms with Crippen molar-refractivity contribution in [1.29, 1.82) is 5.26 Å². The number of benzene rings is 1. The zero-order chi connectivity index (χ0) is 14.8. The number of nitriles is 1. The topological polar surface area (TPSA) is 59.3 Å². The highest BCUT2D eigenvalue weighted by Gasteiger charge is 2.37. The van der Waals surface area contributed by atoms with E-state index in [4.69, 9.17) is 9.47 Å². The van der Waals surface area contributed by atoms with E-state index in [9.17, 15) is 10.1 Å². The van der Waals surface area contributed by atoms with Crippen LogP contribution in [0.4, 0.5) is 0 Å². The molecule has 4 nitrogen and oxygen atoms in total. The lowest BCUT2D eigenvalue weighted by Gasteiger charge is -2.20. The molecule has 0 aromatic heterocycles. The Balaban J connectivity index is 2.34. The van der Waals surface area contributed by atoms with Gasteiger partial charge in [0, 0.05) is 17.3 Å². The summed E-state index contributed by atoms with van der Waals surface area (Å²) < 4.78 is 11.6. The van der Waals surface area contributed by atoms with Gasteiger partial charge in [-0.15, -0.1) is 0 Å². The Hall–Kier alpha value is -1.54. The first kappa shape index (κ1) is 14.9. The summed E-state index contributed by atoms with van der Waals surface area (Å²) in [5.41, 5.74) is 0.777. The van der Waals surface area contributed by atoms with E-state index in [-0.39, 0.29) is 13.0 Å². The lowest BCUT2D eigenvalue weighted by molar-refractivity contribution is -0.151. The normalized spacial score (nSPS) is 15.7. The molecule has 1 aliphatic rings. The summed E-state index contributed by atoms with van der Waals surface area (Å²) in [5, 5.41) is 9.36. The molecule has 1 heterocycles. The second-order valence-electron chi connectivity index (χ2n) is 4.99. The van der Waals surface area contributed by atoms with Crippen LogP contribution in [0.1, 0.15) is 25.0 Å². The average molecular weight is 338 g/mol. The number of hydrogen-bond donors (Lipinski definition) is 0. The number of ether oxygens (including phenoxy) is 2. The van der Waals surface area contributed by atoms with Crippen molar-refractivity contribution in [3.8, 4) is 11.8 Å². The second-order valence-corrected chi connectivity index (χ2v) is 5.91. The lowest BCUT2D eigenvalue weighted by Crippen LogP contribution is -2.30. The monoisotopic (exact) mass is 337 g/mol. The van der Waals surface area contributed by atoms with Crippen LogP contribution in [0.25, 0.3) is 0 Å². The first-order valence-corrected chi connectivity index (χ1v) is 7.32. The van der Waals surface area contributed by atoms with Crippen LogP contribution in [0.15, 0.2) is 16.6 Å². The SMILES string of the molecule is CCOC(=O)C(C)(C#N)Cc1cc(Br)cc2c1OCC2. The molecule has 1 atom stereocenters. The van der Waals surface area contributed by atoms with Gasteiger partial charge in [-0.1, -0.05) is 15.9 Å². The van der Waals surface area contributed by atoms with Gasteiger partial charge in [-0.25, -0.2) is 0 Å². The zero-order valence-electron chi connectivity index (χ0n) is 11.5. The van der Waals surface area contributed by atoms with Crippen LogP contribution in [0.2, 0.25) is 0 Å². The Bertz CT molecular complexity index is 579. The van der Waals surface area contributed by atoms with Crippen LogP contribution >= 0.6 is 15.9 Å². The highest BCUT2D eigenvalue weighted by atomic mass is 79.9. The summed E-state index contributed by atoms with van der Waals surface area (Å²) in [6.07, 6.45) is 1.13. The first-order chi connectivity index (χ1) is 9.50. The van der Waals surface area contributed by atoms with E-state index in [1.165, 1.54) is 0 Å². The Kier molecular flexibility index (Phi) is 4.34. The van der Waals surface area contributed by atoms with Gasteiger partial charge in [-0.3, -0.25) is 4.79 Å². The highest BCUT2D eigenvalue weighted by molar-refractivity contribution is 9.10. The first-order valence-electron chi connectivity index (χ1n) is 6.52. The maximum Gasteiger partial charge on any atom is 0.326 e. The summed E-state index contributed by atoms with van der Waals surface area (Å²) in [6, 6.07) is 5.99. The molecule has 1 aliphatic heterocycles. The quantitative estimate of drug-likeness (QED) is 0.792. The third-order valence-corrected chi connectivity index (χ3v) is 3.80. The van der Waals surface area contributed by atoms with Crippen LogP contribution in [0.5, 0.6) is 5.75 Å². The molecule has 2 rings (SSSR count). The van der Waals surface area contributed by atoms with Gasteiger partial charge in [-0.2, -0.15) is 5.26 Å². The number of halogens is 1. The van der Waals surface area contributed by atoms with E-state index in [1.807, 2.05) is 12.1 Å². The Morgan fingerprint density at radius 3 is 3.00 bits per heavy atom. The standard InChI is InChI=1S/C15H16BrNO3/c1-3-19-14(18)15(2,9-17)8-11-7-12(16)6-10-4-5-20-13(10)11/h6-7H,3-5,8H2,1-2H3. The largest absolute Gasteiger partial charge is 0.493 e. The molecular weight excluding hydrogens is 322 g/mol. The van der Waals surface area contributed by atoms with E-state index in [2.05, 4.69) is 22.0 Å². The Labute approximate surface area is 126 Å². The molecule has 0 saturated carbocycles. The molecule has 0 N–H and O–H groups in total. The lowest BCUT2D eigenvalue weighted by atomic mass is 9.84. The number of esters is 1. The van der Waals surface area contributed by atoms with Gasteiger partial charge in [0.15, 0.2) is 5.41 Å². The van der Waals surface area contributed by atoms with Gasteiger partial charge >= 0.3 is 5.97 Å². The fourth-order valence-corrected chi connectivity index (χ4v) is 2.86. The second kappa shape index (κ2) is 5.84. The minimum Gasteiger partial charge on any atom is -0.493 e. The molecule has 1 unspecified atom stereocenters.